The minimum absolute atomic E-state index is 0.334. The molecule has 1 N–H and O–H groups in total. The Kier molecular flexibility index (Phi) is 5.09. The van der Waals surface area contributed by atoms with E-state index in [-0.39, 0.29) is 5.82 Å². The van der Waals surface area contributed by atoms with Crippen molar-refractivity contribution in [1.82, 2.24) is 9.97 Å². The van der Waals surface area contributed by atoms with Gasteiger partial charge in [0.1, 0.15) is 23.2 Å². The number of halogens is 1. The molecule has 1 heterocycles. The lowest BCUT2D eigenvalue weighted by Crippen LogP contribution is -2.08. The van der Waals surface area contributed by atoms with Crippen LogP contribution in [0.1, 0.15) is 31.7 Å². The highest BCUT2D eigenvalue weighted by Gasteiger charge is 2.12. The van der Waals surface area contributed by atoms with Crippen LogP contribution in [0.2, 0.25) is 0 Å². The third-order valence-corrected chi connectivity index (χ3v) is 3.02. The zero-order valence-corrected chi connectivity index (χ0v) is 12.6. The first-order valence-corrected chi connectivity index (χ1v) is 7.18. The molecule has 21 heavy (non-hydrogen) atoms. The molecule has 0 aliphatic heterocycles. The number of aromatic nitrogens is 2. The van der Waals surface area contributed by atoms with Crippen LogP contribution in [-0.2, 0) is 6.42 Å². The van der Waals surface area contributed by atoms with Crippen molar-refractivity contribution in [1.29, 1.82) is 0 Å². The Morgan fingerprint density at radius 2 is 2.05 bits per heavy atom. The first-order chi connectivity index (χ1) is 10.1. The molecule has 0 amide bonds. The van der Waals surface area contributed by atoms with Gasteiger partial charge in [0.15, 0.2) is 0 Å². The van der Waals surface area contributed by atoms with E-state index in [0.29, 0.717) is 23.9 Å². The third-order valence-electron chi connectivity index (χ3n) is 3.02. The van der Waals surface area contributed by atoms with E-state index in [0.717, 1.165) is 24.3 Å². The maximum atomic E-state index is 13.2. The van der Waals surface area contributed by atoms with Crippen LogP contribution < -0.4 is 10.1 Å². The topological polar surface area (TPSA) is 47.0 Å². The second-order valence-electron chi connectivity index (χ2n) is 4.76. The predicted octanol–water partition coefficient (Wildman–Crippen LogP) is 4.10. The molecule has 0 atom stereocenters. The molecule has 2 rings (SSSR count). The molecule has 0 unspecified atom stereocenters. The van der Waals surface area contributed by atoms with E-state index in [1.807, 2.05) is 13.8 Å². The third kappa shape index (κ3) is 3.90. The van der Waals surface area contributed by atoms with Gasteiger partial charge in [-0.2, -0.15) is 4.98 Å². The first kappa shape index (κ1) is 15.2. The monoisotopic (exact) mass is 289 g/mol. The van der Waals surface area contributed by atoms with E-state index in [2.05, 4.69) is 22.2 Å². The molecular weight excluding hydrogens is 269 g/mol. The molecule has 112 valence electrons. The van der Waals surface area contributed by atoms with Gasteiger partial charge in [-0.1, -0.05) is 19.9 Å². The van der Waals surface area contributed by atoms with E-state index < -0.39 is 0 Å². The van der Waals surface area contributed by atoms with Gasteiger partial charge in [-0.05, 0) is 25.5 Å². The van der Waals surface area contributed by atoms with Gasteiger partial charge >= 0.3 is 0 Å². The highest BCUT2D eigenvalue weighted by atomic mass is 19.1. The summed E-state index contributed by atoms with van der Waals surface area (Å²) >= 11 is 0. The summed E-state index contributed by atoms with van der Waals surface area (Å²) in [5, 5.41) is 3.27. The van der Waals surface area contributed by atoms with Crippen molar-refractivity contribution in [2.45, 2.75) is 33.6 Å². The molecule has 0 saturated heterocycles. The molecule has 0 spiro atoms. The van der Waals surface area contributed by atoms with Gasteiger partial charge in [-0.15, -0.1) is 0 Å². The van der Waals surface area contributed by atoms with E-state index >= 15 is 0 Å². The minimum atomic E-state index is -0.334. The standard InChI is InChI=1S/C16H20FN3O/c1-4-9-18-15-11(3)16(20-14(5-2)19-15)21-13-8-6-7-12(17)10-13/h6-8,10H,4-5,9H2,1-3H3,(H,18,19,20). The van der Waals surface area contributed by atoms with E-state index in [4.69, 9.17) is 4.74 Å². The number of ether oxygens (including phenoxy) is 1. The fourth-order valence-electron chi connectivity index (χ4n) is 1.86. The number of nitrogens with zero attached hydrogens (tertiary/aromatic N) is 2. The van der Waals surface area contributed by atoms with Crippen molar-refractivity contribution in [3.63, 3.8) is 0 Å². The van der Waals surface area contributed by atoms with Crippen LogP contribution in [0, 0.1) is 12.7 Å². The molecule has 0 aliphatic rings. The summed E-state index contributed by atoms with van der Waals surface area (Å²) in [7, 11) is 0. The number of anilines is 1. The minimum Gasteiger partial charge on any atom is -0.438 e. The molecule has 0 aliphatic carbocycles. The summed E-state index contributed by atoms with van der Waals surface area (Å²) in [4.78, 5) is 8.86. The quantitative estimate of drug-likeness (QED) is 0.869. The molecule has 0 bridgehead atoms. The lowest BCUT2D eigenvalue weighted by molar-refractivity contribution is 0.450. The largest absolute Gasteiger partial charge is 0.438 e. The molecule has 0 saturated carbocycles. The Hall–Kier alpha value is -2.17. The van der Waals surface area contributed by atoms with Crippen LogP contribution in [0.4, 0.5) is 10.2 Å². The molecule has 0 radical (unpaired) electrons. The number of hydrogen-bond acceptors (Lipinski definition) is 4. The molecule has 1 aromatic heterocycles. The zero-order chi connectivity index (χ0) is 15.2. The Morgan fingerprint density at radius 1 is 1.24 bits per heavy atom. The first-order valence-electron chi connectivity index (χ1n) is 7.18. The smallest absolute Gasteiger partial charge is 0.227 e. The van der Waals surface area contributed by atoms with Gasteiger partial charge in [0, 0.05) is 19.0 Å². The highest BCUT2D eigenvalue weighted by molar-refractivity contribution is 5.49. The fraction of sp³-hybridized carbons (Fsp3) is 0.375. The summed E-state index contributed by atoms with van der Waals surface area (Å²) in [5.74, 6) is 2.03. The van der Waals surface area contributed by atoms with Gasteiger partial charge in [0.25, 0.3) is 0 Å². The average molecular weight is 289 g/mol. The average Bonchev–Trinajstić information content (AvgIpc) is 2.48. The van der Waals surface area contributed by atoms with Gasteiger partial charge in [0.2, 0.25) is 5.88 Å². The van der Waals surface area contributed by atoms with Crippen LogP contribution in [0.3, 0.4) is 0 Å². The summed E-state index contributed by atoms with van der Waals surface area (Å²) in [6, 6.07) is 6.03. The summed E-state index contributed by atoms with van der Waals surface area (Å²) in [5.41, 5.74) is 0.824. The Bertz CT molecular complexity index is 616. The van der Waals surface area contributed by atoms with Crippen molar-refractivity contribution >= 4 is 5.82 Å². The normalized spacial score (nSPS) is 10.5. The van der Waals surface area contributed by atoms with Crippen molar-refractivity contribution in [3.05, 3.63) is 41.5 Å². The lowest BCUT2D eigenvalue weighted by Gasteiger charge is -2.13. The molecule has 2 aromatic rings. The summed E-state index contributed by atoms with van der Waals surface area (Å²) < 4.78 is 19.0. The Labute approximate surface area is 124 Å². The number of benzene rings is 1. The predicted molar refractivity (Wildman–Crippen MR) is 81.4 cm³/mol. The maximum Gasteiger partial charge on any atom is 0.227 e. The van der Waals surface area contributed by atoms with Crippen LogP contribution >= 0.6 is 0 Å². The fourth-order valence-corrected chi connectivity index (χ4v) is 1.86. The molecule has 4 nitrogen and oxygen atoms in total. The van der Waals surface area contributed by atoms with Gasteiger partial charge < -0.3 is 10.1 Å². The van der Waals surface area contributed by atoms with Crippen molar-refractivity contribution in [2.24, 2.45) is 0 Å². The molecule has 1 aromatic carbocycles. The number of rotatable bonds is 6. The van der Waals surface area contributed by atoms with Crippen LogP contribution in [0.5, 0.6) is 11.6 Å². The molecule has 0 fully saturated rings. The van der Waals surface area contributed by atoms with Crippen molar-refractivity contribution in [3.8, 4) is 11.6 Å². The van der Waals surface area contributed by atoms with Crippen LogP contribution in [0.25, 0.3) is 0 Å². The van der Waals surface area contributed by atoms with Gasteiger partial charge in [-0.3, -0.25) is 0 Å². The van der Waals surface area contributed by atoms with Crippen LogP contribution in [-0.4, -0.2) is 16.5 Å². The second-order valence-corrected chi connectivity index (χ2v) is 4.76. The second kappa shape index (κ2) is 7.02. The Balaban J connectivity index is 2.33. The van der Waals surface area contributed by atoms with Crippen molar-refractivity contribution < 1.29 is 9.13 Å². The molecular formula is C16H20FN3O. The van der Waals surface area contributed by atoms with Crippen LogP contribution in [0.15, 0.2) is 24.3 Å². The lowest BCUT2D eigenvalue weighted by atomic mass is 10.3. The SMILES string of the molecule is CCCNc1nc(CC)nc(Oc2cccc(F)c2)c1C. The molecule has 5 heteroatoms. The number of aryl methyl sites for hydroxylation is 1. The van der Waals surface area contributed by atoms with E-state index in [9.17, 15) is 4.39 Å². The highest BCUT2D eigenvalue weighted by Crippen LogP contribution is 2.27. The number of hydrogen-bond donors (Lipinski definition) is 1. The van der Waals surface area contributed by atoms with E-state index in [1.165, 1.54) is 12.1 Å². The van der Waals surface area contributed by atoms with E-state index in [1.54, 1.807) is 12.1 Å². The maximum absolute atomic E-state index is 13.2. The zero-order valence-electron chi connectivity index (χ0n) is 12.6. The number of nitrogens with one attached hydrogen (secondary N) is 1. The van der Waals surface area contributed by atoms with Crippen molar-refractivity contribution in [2.75, 3.05) is 11.9 Å². The van der Waals surface area contributed by atoms with Gasteiger partial charge in [-0.25, -0.2) is 9.37 Å². The van der Waals surface area contributed by atoms with Gasteiger partial charge in [0.05, 0.1) is 5.56 Å². The Morgan fingerprint density at radius 3 is 2.71 bits per heavy atom. The summed E-state index contributed by atoms with van der Waals surface area (Å²) in [6.45, 7) is 6.81. The summed E-state index contributed by atoms with van der Waals surface area (Å²) in [6.07, 6.45) is 1.71.